The standard InChI is InChI=1S/C48H35BO2/c1-47(2)48(3,4)51-49(50-47)39-26-25-36-43-33(39)22-14-24-35(43)46-41(29-17-9-6-10-18-29)44-34-23-13-21-32-30-19-11-12-20-31(30)37(42(32)34)27-38(44)40(45(36)46)28-15-7-5-8-16-28/h5-27H,1-4H3. The van der Waals surface area contributed by atoms with Crippen LogP contribution in [0.5, 0.6) is 0 Å². The number of rotatable bonds is 3. The molecule has 3 heteroatoms. The van der Waals surface area contributed by atoms with Gasteiger partial charge in [0, 0.05) is 0 Å². The third-order valence-corrected chi connectivity index (χ3v) is 12.2. The highest BCUT2D eigenvalue weighted by molar-refractivity contribution is 6.66. The largest absolute Gasteiger partial charge is 0.495 e. The van der Waals surface area contributed by atoms with E-state index in [4.69, 9.17) is 9.31 Å². The molecule has 0 amide bonds. The third-order valence-electron chi connectivity index (χ3n) is 12.2. The van der Waals surface area contributed by atoms with E-state index in [-0.39, 0.29) is 0 Å². The van der Waals surface area contributed by atoms with Crippen molar-refractivity contribution in [2.24, 2.45) is 0 Å². The number of benzene rings is 8. The number of hydrogen-bond acceptors (Lipinski definition) is 2. The highest BCUT2D eigenvalue weighted by atomic mass is 16.7. The lowest BCUT2D eigenvalue weighted by Crippen LogP contribution is -2.41. The van der Waals surface area contributed by atoms with Crippen molar-refractivity contribution in [2.75, 3.05) is 0 Å². The average molecular weight is 655 g/mol. The highest BCUT2D eigenvalue weighted by Crippen LogP contribution is 2.54. The van der Waals surface area contributed by atoms with E-state index in [2.05, 4.69) is 167 Å². The van der Waals surface area contributed by atoms with Gasteiger partial charge in [0.25, 0.3) is 0 Å². The second kappa shape index (κ2) is 10.1. The number of fused-ring (bicyclic) bond motifs is 8. The van der Waals surface area contributed by atoms with Crippen LogP contribution in [0, 0.1) is 0 Å². The molecule has 1 fully saturated rings. The second-order valence-electron chi connectivity index (χ2n) is 15.4. The molecule has 10 aromatic carbocycles. The molecule has 2 nitrogen and oxygen atoms in total. The van der Waals surface area contributed by atoms with E-state index in [9.17, 15) is 0 Å². The quantitative estimate of drug-likeness (QED) is 0.139. The summed E-state index contributed by atoms with van der Waals surface area (Å²) in [5.74, 6) is 0. The summed E-state index contributed by atoms with van der Waals surface area (Å²) in [5, 5.41) is 18.1. The highest BCUT2D eigenvalue weighted by Gasteiger charge is 2.52. The molecule has 0 aliphatic carbocycles. The topological polar surface area (TPSA) is 18.5 Å². The van der Waals surface area contributed by atoms with Crippen LogP contribution in [0.2, 0.25) is 0 Å². The summed E-state index contributed by atoms with van der Waals surface area (Å²) in [7, 11) is -0.452. The average Bonchev–Trinajstić information content (AvgIpc) is 3.73. The van der Waals surface area contributed by atoms with Crippen LogP contribution < -0.4 is 5.46 Å². The third kappa shape index (κ3) is 3.80. The van der Waals surface area contributed by atoms with Crippen LogP contribution in [-0.4, -0.2) is 18.3 Å². The molecule has 1 aliphatic heterocycles. The maximum absolute atomic E-state index is 6.67. The predicted molar refractivity (Wildman–Crippen MR) is 218 cm³/mol. The van der Waals surface area contributed by atoms with E-state index in [1.54, 1.807) is 0 Å². The molecule has 1 saturated heterocycles. The summed E-state index contributed by atoms with van der Waals surface area (Å²) in [6.07, 6.45) is 0. The molecule has 0 bridgehead atoms. The lowest BCUT2D eigenvalue weighted by atomic mass is 9.75. The zero-order valence-electron chi connectivity index (χ0n) is 29.2. The van der Waals surface area contributed by atoms with Gasteiger partial charge in [-0.25, -0.2) is 0 Å². The summed E-state index contributed by atoms with van der Waals surface area (Å²) >= 11 is 0. The van der Waals surface area contributed by atoms with Gasteiger partial charge in [0.05, 0.1) is 11.2 Å². The van der Waals surface area contributed by atoms with Gasteiger partial charge in [-0.15, -0.1) is 0 Å². The van der Waals surface area contributed by atoms with Crippen LogP contribution >= 0.6 is 0 Å². The summed E-state index contributed by atoms with van der Waals surface area (Å²) in [5.41, 5.74) is 5.26. The molecule has 0 saturated carbocycles. The van der Waals surface area contributed by atoms with Gasteiger partial charge in [-0.1, -0.05) is 133 Å². The lowest BCUT2D eigenvalue weighted by molar-refractivity contribution is 0.00578. The Balaban J connectivity index is 1.40. The predicted octanol–water partition coefficient (Wildman–Crippen LogP) is 12.3. The normalized spacial score (nSPS) is 16.0. The minimum absolute atomic E-state index is 0.427. The summed E-state index contributed by atoms with van der Waals surface area (Å²) in [4.78, 5) is 0. The Kier molecular flexibility index (Phi) is 5.78. The molecule has 0 N–H and O–H groups in total. The fraction of sp³-hybridized carbons (Fsp3) is 0.125. The Hall–Kier alpha value is -5.48. The van der Waals surface area contributed by atoms with Gasteiger partial charge in [0.2, 0.25) is 0 Å². The zero-order chi connectivity index (χ0) is 34.2. The fourth-order valence-corrected chi connectivity index (χ4v) is 9.21. The van der Waals surface area contributed by atoms with Crippen molar-refractivity contribution in [1.29, 1.82) is 0 Å². The van der Waals surface area contributed by atoms with Crippen LogP contribution in [0.1, 0.15) is 27.7 Å². The molecule has 1 heterocycles. The smallest absolute Gasteiger partial charge is 0.399 e. The first-order chi connectivity index (χ1) is 24.8. The van der Waals surface area contributed by atoms with Gasteiger partial charge in [-0.3, -0.25) is 0 Å². The molecular weight excluding hydrogens is 619 g/mol. The van der Waals surface area contributed by atoms with Crippen molar-refractivity contribution in [1.82, 2.24) is 0 Å². The van der Waals surface area contributed by atoms with Crippen LogP contribution in [0.3, 0.4) is 0 Å². The SMILES string of the molecule is CC1(C)OB(c2ccc3c4c(-c5ccccc5)c5cc6c7ccccc7c7cccc(c5c(-c5ccccc5)c4c4cccc2c34)c76)OC1(C)C. The van der Waals surface area contributed by atoms with Gasteiger partial charge in [0.1, 0.15) is 0 Å². The summed E-state index contributed by atoms with van der Waals surface area (Å²) in [6.45, 7) is 8.52. The molecule has 0 spiro atoms. The monoisotopic (exact) mass is 654 g/mol. The number of hydrogen-bond donors (Lipinski definition) is 0. The molecule has 1 aliphatic rings. The molecule has 11 rings (SSSR count). The Labute approximate surface area is 297 Å². The Morgan fingerprint density at radius 1 is 0.353 bits per heavy atom. The van der Waals surface area contributed by atoms with E-state index in [0.29, 0.717) is 0 Å². The van der Waals surface area contributed by atoms with Crippen molar-refractivity contribution in [3.63, 3.8) is 0 Å². The Morgan fingerprint density at radius 2 is 0.824 bits per heavy atom. The van der Waals surface area contributed by atoms with E-state index in [0.717, 1.165) is 5.46 Å². The maximum atomic E-state index is 6.67. The van der Waals surface area contributed by atoms with Gasteiger partial charge < -0.3 is 9.31 Å². The van der Waals surface area contributed by atoms with Crippen LogP contribution in [0.25, 0.3) is 97.7 Å². The van der Waals surface area contributed by atoms with E-state index < -0.39 is 18.3 Å². The second-order valence-corrected chi connectivity index (χ2v) is 15.4. The van der Waals surface area contributed by atoms with Crippen molar-refractivity contribution in [2.45, 2.75) is 38.9 Å². The molecule has 242 valence electrons. The molecule has 0 radical (unpaired) electrons. The van der Waals surface area contributed by atoms with Crippen LogP contribution in [-0.2, 0) is 9.31 Å². The molecule has 0 atom stereocenters. The van der Waals surface area contributed by atoms with Gasteiger partial charge in [0.15, 0.2) is 0 Å². The summed E-state index contributed by atoms with van der Waals surface area (Å²) < 4.78 is 13.3. The lowest BCUT2D eigenvalue weighted by Gasteiger charge is -2.32. The molecule has 0 aromatic heterocycles. The minimum atomic E-state index is -0.452. The first-order valence-electron chi connectivity index (χ1n) is 18.0. The van der Waals surface area contributed by atoms with Crippen molar-refractivity contribution in [3.05, 3.63) is 140 Å². The molecule has 51 heavy (non-hydrogen) atoms. The van der Waals surface area contributed by atoms with Crippen LogP contribution in [0.4, 0.5) is 0 Å². The first kappa shape index (κ1) is 29.3. The van der Waals surface area contributed by atoms with E-state index in [1.807, 2.05) is 0 Å². The molecular formula is C48H35BO2. The summed E-state index contributed by atoms with van der Waals surface area (Å²) in [6, 6.07) is 51.8. The Bertz CT molecular complexity index is 3000. The molecule has 10 aromatic rings. The zero-order valence-corrected chi connectivity index (χ0v) is 29.2. The fourth-order valence-electron chi connectivity index (χ4n) is 9.21. The Morgan fingerprint density at radius 3 is 1.49 bits per heavy atom. The van der Waals surface area contributed by atoms with Crippen molar-refractivity contribution < 1.29 is 9.31 Å². The first-order valence-corrected chi connectivity index (χ1v) is 18.0. The maximum Gasteiger partial charge on any atom is 0.495 e. The van der Waals surface area contributed by atoms with Gasteiger partial charge in [-0.2, -0.15) is 0 Å². The minimum Gasteiger partial charge on any atom is -0.399 e. The van der Waals surface area contributed by atoms with Crippen LogP contribution in [0.15, 0.2) is 140 Å². The van der Waals surface area contributed by atoms with E-state index >= 15 is 0 Å². The van der Waals surface area contributed by atoms with Gasteiger partial charge in [-0.05, 0) is 137 Å². The van der Waals surface area contributed by atoms with Gasteiger partial charge >= 0.3 is 7.12 Å². The van der Waals surface area contributed by atoms with Crippen molar-refractivity contribution >= 4 is 88.0 Å². The van der Waals surface area contributed by atoms with Crippen molar-refractivity contribution in [3.8, 4) is 22.3 Å². The molecule has 0 unspecified atom stereocenters. The van der Waals surface area contributed by atoms with E-state index in [1.165, 1.54) is 97.7 Å².